The SMILES string of the molecule is O=C([C@H]1CCCN1)N1CC[C@@H](CSc2ccccc2)C1. The van der Waals surface area contributed by atoms with E-state index in [0.717, 1.165) is 44.6 Å². The van der Waals surface area contributed by atoms with Gasteiger partial charge in [0.1, 0.15) is 0 Å². The standard InChI is InChI=1S/C16H22N2OS/c19-16(15-7-4-9-17-15)18-10-8-13(11-18)12-20-14-5-2-1-3-6-14/h1-3,5-6,13,15,17H,4,7-12H2/t13-,15-/m1/s1. The van der Waals surface area contributed by atoms with Crippen LogP contribution in [0.2, 0.25) is 0 Å². The van der Waals surface area contributed by atoms with E-state index in [0.29, 0.717) is 11.8 Å². The van der Waals surface area contributed by atoms with Crippen molar-refractivity contribution < 1.29 is 4.79 Å². The number of likely N-dealkylation sites (tertiary alicyclic amines) is 1. The van der Waals surface area contributed by atoms with Crippen LogP contribution in [0.5, 0.6) is 0 Å². The Bertz CT molecular complexity index is 445. The first-order valence-corrected chi connectivity index (χ1v) is 8.51. The molecule has 0 spiro atoms. The van der Waals surface area contributed by atoms with Crippen LogP contribution in [-0.2, 0) is 4.79 Å². The van der Waals surface area contributed by atoms with Gasteiger partial charge in [-0.15, -0.1) is 11.8 Å². The summed E-state index contributed by atoms with van der Waals surface area (Å²) in [5, 5.41) is 3.31. The lowest BCUT2D eigenvalue weighted by atomic mass is 10.1. The number of benzene rings is 1. The lowest BCUT2D eigenvalue weighted by Crippen LogP contribution is -2.42. The highest BCUT2D eigenvalue weighted by molar-refractivity contribution is 7.99. The number of hydrogen-bond acceptors (Lipinski definition) is 3. The van der Waals surface area contributed by atoms with E-state index in [9.17, 15) is 4.79 Å². The lowest BCUT2D eigenvalue weighted by molar-refractivity contribution is -0.132. The zero-order chi connectivity index (χ0) is 13.8. The molecule has 2 atom stereocenters. The second kappa shape index (κ2) is 6.64. The van der Waals surface area contributed by atoms with Crippen molar-refractivity contribution in [1.29, 1.82) is 0 Å². The van der Waals surface area contributed by atoms with Crippen molar-refractivity contribution in [3.8, 4) is 0 Å². The fraction of sp³-hybridized carbons (Fsp3) is 0.562. The molecule has 2 saturated heterocycles. The summed E-state index contributed by atoms with van der Waals surface area (Å²) in [5.74, 6) is 2.09. The van der Waals surface area contributed by atoms with E-state index in [1.807, 2.05) is 11.8 Å². The van der Waals surface area contributed by atoms with Gasteiger partial charge in [0.05, 0.1) is 6.04 Å². The second-order valence-corrected chi connectivity index (χ2v) is 6.81. The number of nitrogens with zero attached hydrogens (tertiary/aromatic N) is 1. The Morgan fingerprint density at radius 2 is 2.15 bits per heavy atom. The van der Waals surface area contributed by atoms with Gasteiger partial charge >= 0.3 is 0 Å². The van der Waals surface area contributed by atoms with E-state index in [-0.39, 0.29) is 6.04 Å². The van der Waals surface area contributed by atoms with E-state index in [4.69, 9.17) is 0 Å². The first kappa shape index (κ1) is 14.0. The normalized spacial score (nSPS) is 26.1. The van der Waals surface area contributed by atoms with Crippen molar-refractivity contribution in [3.63, 3.8) is 0 Å². The highest BCUT2D eigenvalue weighted by atomic mass is 32.2. The Kier molecular flexibility index (Phi) is 4.63. The van der Waals surface area contributed by atoms with E-state index in [1.165, 1.54) is 4.90 Å². The summed E-state index contributed by atoms with van der Waals surface area (Å²) in [7, 11) is 0. The number of thioether (sulfide) groups is 1. The van der Waals surface area contributed by atoms with Gasteiger partial charge in [-0.2, -0.15) is 0 Å². The van der Waals surface area contributed by atoms with Crippen molar-refractivity contribution in [2.75, 3.05) is 25.4 Å². The van der Waals surface area contributed by atoms with Crippen LogP contribution in [0.3, 0.4) is 0 Å². The van der Waals surface area contributed by atoms with Crippen molar-refractivity contribution in [1.82, 2.24) is 10.2 Å². The number of nitrogens with one attached hydrogen (secondary N) is 1. The van der Waals surface area contributed by atoms with Crippen LogP contribution in [-0.4, -0.2) is 42.2 Å². The Morgan fingerprint density at radius 1 is 1.30 bits per heavy atom. The molecule has 0 unspecified atom stereocenters. The van der Waals surface area contributed by atoms with E-state index < -0.39 is 0 Å². The Hall–Kier alpha value is -1.00. The van der Waals surface area contributed by atoms with Gasteiger partial charge in [-0.3, -0.25) is 4.79 Å². The molecule has 1 N–H and O–H groups in total. The number of rotatable bonds is 4. The molecular formula is C16H22N2OS. The molecule has 3 nitrogen and oxygen atoms in total. The third kappa shape index (κ3) is 3.36. The Labute approximate surface area is 125 Å². The molecule has 0 bridgehead atoms. The maximum Gasteiger partial charge on any atom is 0.239 e. The van der Waals surface area contributed by atoms with Gasteiger partial charge < -0.3 is 10.2 Å². The molecule has 2 aliphatic rings. The third-order valence-corrected chi connectivity index (χ3v) is 5.43. The third-order valence-electron chi connectivity index (χ3n) is 4.18. The molecule has 4 heteroatoms. The van der Waals surface area contributed by atoms with Crippen LogP contribution in [0.1, 0.15) is 19.3 Å². The quantitative estimate of drug-likeness (QED) is 0.864. The number of carbonyl (C=O) groups is 1. The summed E-state index contributed by atoms with van der Waals surface area (Å²) < 4.78 is 0. The fourth-order valence-electron chi connectivity index (χ4n) is 3.02. The first-order valence-electron chi connectivity index (χ1n) is 7.53. The summed E-state index contributed by atoms with van der Waals surface area (Å²) in [6.45, 7) is 2.88. The van der Waals surface area contributed by atoms with Gasteiger partial charge in [-0.05, 0) is 43.9 Å². The zero-order valence-corrected chi connectivity index (χ0v) is 12.6. The monoisotopic (exact) mass is 290 g/mol. The smallest absolute Gasteiger partial charge is 0.239 e. The van der Waals surface area contributed by atoms with Gasteiger partial charge in [0, 0.05) is 23.7 Å². The van der Waals surface area contributed by atoms with Gasteiger partial charge in [0.2, 0.25) is 5.91 Å². The average molecular weight is 290 g/mol. The molecule has 108 valence electrons. The molecule has 3 rings (SSSR count). The van der Waals surface area contributed by atoms with E-state index >= 15 is 0 Å². The zero-order valence-electron chi connectivity index (χ0n) is 11.8. The molecular weight excluding hydrogens is 268 g/mol. The number of amides is 1. The van der Waals surface area contributed by atoms with Crippen molar-refractivity contribution in [2.45, 2.75) is 30.2 Å². The van der Waals surface area contributed by atoms with E-state index in [2.05, 4.69) is 40.5 Å². The number of carbonyl (C=O) groups excluding carboxylic acids is 1. The summed E-state index contributed by atoms with van der Waals surface area (Å²) in [4.78, 5) is 15.7. The van der Waals surface area contributed by atoms with Gasteiger partial charge in [-0.25, -0.2) is 0 Å². The van der Waals surface area contributed by atoms with Crippen LogP contribution in [0.4, 0.5) is 0 Å². The summed E-state index contributed by atoms with van der Waals surface area (Å²) in [6, 6.07) is 10.6. The van der Waals surface area contributed by atoms with Gasteiger partial charge in [0.15, 0.2) is 0 Å². The fourth-order valence-corrected chi connectivity index (χ4v) is 4.07. The topological polar surface area (TPSA) is 32.3 Å². The predicted molar refractivity (Wildman–Crippen MR) is 82.9 cm³/mol. The minimum Gasteiger partial charge on any atom is -0.341 e. The molecule has 2 heterocycles. The van der Waals surface area contributed by atoms with Crippen molar-refractivity contribution >= 4 is 17.7 Å². The van der Waals surface area contributed by atoms with Crippen LogP contribution >= 0.6 is 11.8 Å². The number of hydrogen-bond donors (Lipinski definition) is 1. The maximum absolute atomic E-state index is 12.3. The molecule has 1 aromatic rings. The van der Waals surface area contributed by atoms with Crippen LogP contribution in [0.25, 0.3) is 0 Å². The molecule has 0 saturated carbocycles. The largest absolute Gasteiger partial charge is 0.341 e. The minimum atomic E-state index is 0.0931. The van der Waals surface area contributed by atoms with Crippen LogP contribution in [0, 0.1) is 5.92 Å². The van der Waals surface area contributed by atoms with Crippen molar-refractivity contribution in [3.05, 3.63) is 30.3 Å². The Morgan fingerprint density at radius 3 is 2.90 bits per heavy atom. The van der Waals surface area contributed by atoms with E-state index in [1.54, 1.807) is 0 Å². The van der Waals surface area contributed by atoms with Gasteiger partial charge in [0.25, 0.3) is 0 Å². The second-order valence-electron chi connectivity index (χ2n) is 5.71. The summed E-state index contributed by atoms with van der Waals surface area (Å²) in [5.41, 5.74) is 0. The first-order chi connectivity index (χ1) is 9.83. The Balaban J connectivity index is 1.46. The lowest BCUT2D eigenvalue weighted by Gasteiger charge is -2.20. The maximum atomic E-state index is 12.3. The molecule has 1 aromatic carbocycles. The highest BCUT2D eigenvalue weighted by Crippen LogP contribution is 2.26. The molecule has 0 radical (unpaired) electrons. The molecule has 2 fully saturated rings. The molecule has 2 aliphatic heterocycles. The highest BCUT2D eigenvalue weighted by Gasteiger charge is 2.31. The minimum absolute atomic E-state index is 0.0931. The summed E-state index contributed by atoms with van der Waals surface area (Å²) >= 11 is 1.91. The van der Waals surface area contributed by atoms with Crippen LogP contribution in [0.15, 0.2) is 35.2 Å². The average Bonchev–Trinajstić information content (AvgIpc) is 3.17. The molecule has 0 aliphatic carbocycles. The van der Waals surface area contributed by atoms with Crippen molar-refractivity contribution in [2.24, 2.45) is 5.92 Å². The molecule has 1 amide bonds. The predicted octanol–water partition coefficient (Wildman–Crippen LogP) is 2.38. The van der Waals surface area contributed by atoms with Crippen LogP contribution < -0.4 is 5.32 Å². The molecule has 20 heavy (non-hydrogen) atoms. The molecule has 0 aromatic heterocycles. The van der Waals surface area contributed by atoms with Gasteiger partial charge in [-0.1, -0.05) is 18.2 Å². The summed E-state index contributed by atoms with van der Waals surface area (Å²) in [6.07, 6.45) is 3.30.